The lowest BCUT2D eigenvalue weighted by molar-refractivity contribution is -0.361. The van der Waals surface area contributed by atoms with Crippen LogP contribution < -0.4 is 0 Å². The molecule has 7 fully saturated rings. The third kappa shape index (κ3) is 8.01. The Morgan fingerprint density at radius 1 is 0.657 bits per heavy atom. The molecule has 19 nitrogen and oxygen atoms in total. The molecule has 8 rings (SSSR count). The average molecular weight is 959 g/mol. The Kier molecular flexibility index (Phi) is 14.1. The maximum atomic E-state index is 15.2. The Morgan fingerprint density at radius 3 is 1.87 bits per heavy atom. The second-order valence-electron chi connectivity index (χ2n) is 23.5. The van der Waals surface area contributed by atoms with Gasteiger partial charge in [0.2, 0.25) is 6.29 Å². The van der Waals surface area contributed by atoms with Gasteiger partial charge in [-0.2, -0.15) is 0 Å². The number of hydrogen-bond acceptors (Lipinski definition) is 19. The molecule has 384 valence electrons. The van der Waals surface area contributed by atoms with Gasteiger partial charge in [0.1, 0.15) is 61.0 Å². The topological polar surface area (TPSA) is 315 Å². The number of hydrogen-bond donors (Lipinski definition) is 12. The monoisotopic (exact) mass is 959 g/mol. The van der Waals surface area contributed by atoms with E-state index in [-0.39, 0.29) is 35.2 Å². The van der Waals surface area contributed by atoms with Gasteiger partial charge in [0.15, 0.2) is 18.7 Å². The van der Waals surface area contributed by atoms with Crippen LogP contribution in [-0.2, 0) is 33.2 Å². The van der Waals surface area contributed by atoms with Gasteiger partial charge in [-0.3, -0.25) is 4.79 Å². The van der Waals surface area contributed by atoms with Gasteiger partial charge in [-0.15, -0.1) is 0 Å². The van der Waals surface area contributed by atoms with Gasteiger partial charge in [0, 0.05) is 5.41 Å². The van der Waals surface area contributed by atoms with Crippen molar-refractivity contribution in [1.82, 2.24) is 0 Å². The van der Waals surface area contributed by atoms with Crippen molar-refractivity contribution in [3.8, 4) is 0 Å². The molecule has 25 atom stereocenters. The molecule has 3 saturated heterocycles. The number of aliphatic hydroxyl groups is 12. The van der Waals surface area contributed by atoms with E-state index in [2.05, 4.69) is 40.7 Å². The predicted octanol–water partition coefficient (Wildman–Crippen LogP) is -0.889. The van der Waals surface area contributed by atoms with Gasteiger partial charge >= 0.3 is 5.97 Å². The van der Waals surface area contributed by atoms with Crippen molar-refractivity contribution < 1.29 is 94.5 Å². The third-order valence-corrected chi connectivity index (χ3v) is 19.4. The van der Waals surface area contributed by atoms with Crippen LogP contribution in [0.2, 0.25) is 0 Å². The first-order valence-corrected chi connectivity index (χ1v) is 24.4. The summed E-state index contributed by atoms with van der Waals surface area (Å²) in [7, 11) is 0. The molecule has 0 aromatic rings. The normalized spacial score (nSPS) is 55.2. The van der Waals surface area contributed by atoms with Crippen LogP contribution in [0.4, 0.5) is 0 Å². The summed E-state index contributed by atoms with van der Waals surface area (Å²) in [5.41, 5.74) is -2.40. The fourth-order valence-corrected chi connectivity index (χ4v) is 15.1. The summed E-state index contributed by atoms with van der Waals surface area (Å²) in [5.74, 6) is -1.04. The maximum Gasteiger partial charge on any atom is 0.315 e. The van der Waals surface area contributed by atoms with Gasteiger partial charge in [-0.05, 0) is 104 Å². The molecule has 3 heterocycles. The zero-order valence-corrected chi connectivity index (χ0v) is 39.8. The molecule has 8 aliphatic rings. The van der Waals surface area contributed by atoms with Crippen molar-refractivity contribution in [2.24, 2.45) is 50.2 Å². The van der Waals surface area contributed by atoms with Gasteiger partial charge < -0.3 is 89.7 Å². The van der Waals surface area contributed by atoms with E-state index in [0.29, 0.717) is 51.4 Å². The lowest BCUT2D eigenvalue weighted by atomic mass is 9.33. The fourth-order valence-electron chi connectivity index (χ4n) is 15.1. The molecule has 0 spiro atoms. The van der Waals surface area contributed by atoms with Crippen LogP contribution in [0.3, 0.4) is 0 Å². The number of ether oxygens (including phenoxy) is 6. The van der Waals surface area contributed by atoms with Gasteiger partial charge in [0.25, 0.3) is 0 Å². The maximum absolute atomic E-state index is 15.2. The molecular formula is C48H78O19. The Hall–Kier alpha value is -1.47. The molecule has 4 saturated carbocycles. The van der Waals surface area contributed by atoms with E-state index in [9.17, 15) is 61.3 Å². The largest absolute Gasteiger partial charge is 0.432 e. The quantitative estimate of drug-likeness (QED) is 0.0758. The van der Waals surface area contributed by atoms with Crippen LogP contribution in [-0.4, -0.2) is 191 Å². The first-order chi connectivity index (χ1) is 31.3. The highest BCUT2D eigenvalue weighted by atomic mass is 16.8. The second kappa shape index (κ2) is 18.2. The molecule has 67 heavy (non-hydrogen) atoms. The molecule has 0 radical (unpaired) electrons. The molecule has 0 aromatic heterocycles. The minimum atomic E-state index is -1.79. The lowest BCUT2D eigenvalue weighted by Gasteiger charge is -2.72. The number of esters is 1. The van der Waals surface area contributed by atoms with Gasteiger partial charge in [0.05, 0.1) is 43.5 Å². The minimum Gasteiger partial charge on any atom is -0.432 e. The number of carbonyl (C=O) groups excluding carboxylic acids is 1. The van der Waals surface area contributed by atoms with E-state index in [1.165, 1.54) is 6.92 Å². The lowest BCUT2D eigenvalue weighted by Crippen LogP contribution is -2.69. The van der Waals surface area contributed by atoms with Crippen LogP contribution in [0.5, 0.6) is 0 Å². The highest BCUT2D eigenvalue weighted by Gasteiger charge is 2.71. The van der Waals surface area contributed by atoms with E-state index in [4.69, 9.17) is 28.4 Å². The molecule has 12 N–H and O–H groups in total. The van der Waals surface area contributed by atoms with Crippen molar-refractivity contribution in [3.05, 3.63) is 11.6 Å². The van der Waals surface area contributed by atoms with Crippen LogP contribution in [0.1, 0.15) is 106 Å². The molecule has 19 heteroatoms. The van der Waals surface area contributed by atoms with Crippen LogP contribution in [0.15, 0.2) is 11.6 Å². The second-order valence-corrected chi connectivity index (χ2v) is 23.5. The van der Waals surface area contributed by atoms with Crippen molar-refractivity contribution in [2.45, 2.75) is 211 Å². The van der Waals surface area contributed by atoms with Crippen LogP contribution in [0, 0.1) is 50.2 Å². The molecule has 3 aliphatic heterocycles. The third-order valence-electron chi connectivity index (χ3n) is 19.4. The first kappa shape index (κ1) is 51.9. The predicted molar refractivity (Wildman–Crippen MR) is 232 cm³/mol. The van der Waals surface area contributed by atoms with Crippen molar-refractivity contribution in [3.63, 3.8) is 0 Å². The Balaban J connectivity index is 1.08. The van der Waals surface area contributed by atoms with E-state index in [0.717, 1.165) is 12.0 Å². The minimum absolute atomic E-state index is 0.00821. The zero-order valence-electron chi connectivity index (χ0n) is 39.8. The molecule has 1 unspecified atom stereocenters. The summed E-state index contributed by atoms with van der Waals surface area (Å²) in [6, 6.07) is 0. The molecule has 0 amide bonds. The number of allylic oxidation sites excluding steroid dienone is 2. The SMILES string of the molecule is C[C@@H]1O[C@@H](O[C@H]2C(OC(=O)[C@]34CCC(C)(C)C[C@H]3C3=CC[C@@H]5[C@@]6(C)C[C@@H](O)[C@H](O[C@@H]7O[C@H](CO)[C@@H](O)[C@H](O)[C@H]7O)[C@@](C)(CO)[C@@H]6CC[C@@]5(C)[C@]3(C)CC4)O[C@H](CO)[C@@H](O)[C@@H]2O)[C@H](O)[C@H](O)[C@H]1O. The number of rotatable bonds is 9. The highest BCUT2D eigenvalue weighted by Crippen LogP contribution is 2.76. The highest BCUT2D eigenvalue weighted by molar-refractivity contribution is 5.79. The zero-order chi connectivity index (χ0) is 49.1. The van der Waals surface area contributed by atoms with E-state index < -0.39 is 145 Å². The summed E-state index contributed by atoms with van der Waals surface area (Å²) in [5, 5.41) is 129. The fraction of sp³-hybridized carbons (Fsp3) is 0.938. The first-order valence-electron chi connectivity index (χ1n) is 24.4. The van der Waals surface area contributed by atoms with Gasteiger partial charge in [-0.25, -0.2) is 0 Å². The summed E-state index contributed by atoms with van der Waals surface area (Å²) in [6.07, 6.45) is -18.0. The molecular weight excluding hydrogens is 881 g/mol. The van der Waals surface area contributed by atoms with E-state index >= 15 is 4.79 Å². The van der Waals surface area contributed by atoms with Crippen molar-refractivity contribution >= 4 is 5.97 Å². The Bertz CT molecular complexity index is 1830. The summed E-state index contributed by atoms with van der Waals surface area (Å²) in [6.45, 7) is 12.8. The Labute approximate surface area is 392 Å². The van der Waals surface area contributed by atoms with Gasteiger partial charge in [-0.1, -0.05) is 53.2 Å². The molecule has 0 bridgehead atoms. The van der Waals surface area contributed by atoms with E-state index in [1.807, 2.05) is 6.92 Å². The van der Waals surface area contributed by atoms with Crippen molar-refractivity contribution in [2.75, 3.05) is 19.8 Å². The van der Waals surface area contributed by atoms with Crippen LogP contribution in [0.25, 0.3) is 0 Å². The molecule has 5 aliphatic carbocycles. The van der Waals surface area contributed by atoms with Crippen molar-refractivity contribution in [1.29, 1.82) is 0 Å². The standard InChI is InChI=1S/C48H78O19/c1-21-29(53)32(56)35(59)39(62-21)65-37-34(58)31(55)26(19-50)64-41(37)67-42(61)48-14-12-43(2,3)16-23(48)22-8-9-28-44(4)17-24(52)38(66-40-36(60)33(57)30(54)25(18-49)63-40)45(5,20-51)27(44)10-11-47(28,7)46(22,6)13-15-48/h8,21,23-41,49-60H,9-20H2,1-7H3/t21-,23-,24+,25+,26+,27+,28+,29-,30+,31+,32+,33-,34-,35+,36+,37+,38-,39-,40-,41?,44-,45-,46+,47+,48-/m0/s1. The summed E-state index contributed by atoms with van der Waals surface area (Å²) in [4.78, 5) is 15.2. The summed E-state index contributed by atoms with van der Waals surface area (Å²) >= 11 is 0. The number of fused-ring (bicyclic) bond motifs is 7. The molecule has 0 aromatic carbocycles. The smallest absolute Gasteiger partial charge is 0.315 e. The Morgan fingerprint density at radius 2 is 1.24 bits per heavy atom. The summed E-state index contributed by atoms with van der Waals surface area (Å²) < 4.78 is 35.9. The van der Waals surface area contributed by atoms with E-state index in [1.54, 1.807) is 0 Å². The van der Waals surface area contributed by atoms with Crippen LogP contribution >= 0.6 is 0 Å². The average Bonchev–Trinajstić information content (AvgIpc) is 3.28. The number of aliphatic hydroxyl groups excluding tert-OH is 12. The number of carbonyl (C=O) groups is 1.